The Bertz CT molecular complexity index is 1320. The number of para-hydroxylation sites is 1. The highest BCUT2D eigenvalue weighted by atomic mass is 32.2. The number of amides is 2. The van der Waals surface area contributed by atoms with E-state index in [9.17, 15) is 22.4 Å². The lowest BCUT2D eigenvalue weighted by Gasteiger charge is -2.32. The number of nitrogens with one attached hydrogen (secondary N) is 2. The lowest BCUT2D eigenvalue weighted by atomic mass is 10.0. The van der Waals surface area contributed by atoms with Gasteiger partial charge in [0.2, 0.25) is 10.0 Å². The maximum Gasteiger partial charge on any atom is 0.255 e. The highest BCUT2D eigenvalue weighted by molar-refractivity contribution is 7.89. The smallest absolute Gasteiger partial charge is 0.255 e. The average molecular weight is 497 g/mol. The number of likely N-dealkylation sites (tertiary alicyclic amines) is 1. The van der Waals surface area contributed by atoms with Crippen LogP contribution in [0.4, 0.5) is 10.1 Å². The predicted octanol–water partition coefficient (Wildman–Crippen LogP) is 3.36. The fourth-order valence-corrected chi connectivity index (χ4v) is 5.28. The number of pyridine rings is 1. The Morgan fingerprint density at radius 2 is 1.66 bits per heavy atom. The van der Waals surface area contributed by atoms with Gasteiger partial charge in [-0.2, -0.15) is 0 Å². The summed E-state index contributed by atoms with van der Waals surface area (Å²) in [4.78, 5) is 31.6. The van der Waals surface area contributed by atoms with Crippen LogP contribution in [0.15, 0.2) is 71.9 Å². The number of carbonyl (C=O) groups excluding carboxylic acids is 2. The number of hydrogen-bond acceptors (Lipinski definition) is 5. The number of sulfonamides is 1. The number of halogens is 1. The number of rotatable bonds is 6. The fourth-order valence-electron chi connectivity index (χ4n) is 3.97. The van der Waals surface area contributed by atoms with Crippen molar-refractivity contribution in [3.63, 3.8) is 0 Å². The van der Waals surface area contributed by atoms with Gasteiger partial charge in [-0.3, -0.25) is 14.6 Å². The number of hydrogen-bond donors (Lipinski definition) is 2. The van der Waals surface area contributed by atoms with Crippen LogP contribution in [-0.4, -0.2) is 49.2 Å². The molecule has 8 nitrogen and oxygen atoms in total. The number of benzene rings is 2. The van der Waals surface area contributed by atoms with Crippen LogP contribution < -0.4 is 10.0 Å². The second-order valence-electron chi connectivity index (χ2n) is 8.33. The van der Waals surface area contributed by atoms with Crippen molar-refractivity contribution >= 4 is 27.5 Å². The number of nitrogens with zero attached hydrogens (tertiary/aromatic N) is 2. The van der Waals surface area contributed by atoms with Gasteiger partial charge in [-0.25, -0.2) is 17.5 Å². The minimum atomic E-state index is -3.79. The maximum absolute atomic E-state index is 13.3. The first kappa shape index (κ1) is 24.5. The zero-order valence-electron chi connectivity index (χ0n) is 19.1. The summed E-state index contributed by atoms with van der Waals surface area (Å²) in [5.74, 6) is -1.09. The van der Waals surface area contributed by atoms with Gasteiger partial charge in [-0.1, -0.05) is 12.1 Å². The molecule has 0 radical (unpaired) electrons. The first-order valence-corrected chi connectivity index (χ1v) is 12.6. The SMILES string of the molecule is Cc1cccc(C(=O)N2CCC(NS(=O)(=O)c3ccc(F)cc3)CC2)c1NC(=O)c1ccncc1. The zero-order valence-corrected chi connectivity index (χ0v) is 19.9. The molecule has 1 aromatic heterocycles. The molecule has 0 aliphatic carbocycles. The average Bonchev–Trinajstić information content (AvgIpc) is 2.86. The van der Waals surface area contributed by atoms with Gasteiger partial charge in [-0.05, 0) is 67.8 Å². The number of aromatic nitrogens is 1. The Balaban J connectivity index is 1.43. The molecule has 0 atom stereocenters. The summed E-state index contributed by atoms with van der Waals surface area (Å²) in [6.45, 7) is 2.51. The molecule has 0 spiro atoms. The van der Waals surface area contributed by atoms with Crippen LogP contribution in [0.5, 0.6) is 0 Å². The van der Waals surface area contributed by atoms with E-state index >= 15 is 0 Å². The van der Waals surface area contributed by atoms with Crippen molar-refractivity contribution in [3.05, 3.63) is 89.5 Å². The van der Waals surface area contributed by atoms with Gasteiger partial charge in [-0.15, -0.1) is 0 Å². The first-order chi connectivity index (χ1) is 16.7. The van der Waals surface area contributed by atoms with E-state index in [2.05, 4.69) is 15.0 Å². The molecule has 1 aliphatic rings. The minimum Gasteiger partial charge on any atom is -0.338 e. The number of piperidine rings is 1. The molecule has 2 N–H and O–H groups in total. The van der Waals surface area contributed by atoms with Gasteiger partial charge in [0.25, 0.3) is 11.8 Å². The van der Waals surface area contributed by atoms with E-state index in [0.717, 1.165) is 17.7 Å². The third-order valence-corrected chi connectivity index (χ3v) is 7.45. The lowest BCUT2D eigenvalue weighted by Crippen LogP contribution is -2.46. The molecule has 1 fully saturated rings. The molecule has 10 heteroatoms. The summed E-state index contributed by atoms with van der Waals surface area (Å²) in [6, 6.07) is 12.7. The van der Waals surface area contributed by atoms with Crippen molar-refractivity contribution in [2.45, 2.75) is 30.7 Å². The van der Waals surface area contributed by atoms with Gasteiger partial charge in [0.05, 0.1) is 16.1 Å². The van der Waals surface area contributed by atoms with Crippen LogP contribution in [0, 0.1) is 12.7 Å². The summed E-state index contributed by atoms with van der Waals surface area (Å²) >= 11 is 0. The summed E-state index contributed by atoms with van der Waals surface area (Å²) < 4.78 is 41.0. The molecule has 2 amide bonds. The van der Waals surface area contributed by atoms with E-state index in [-0.39, 0.29) is 22.8 Å². The largest absolute Gasteiger partial charge is 0.338 e. The zero-order chi connectivity index (χ0) is 25.0. The third-order valence-electron chi connectivity index (χ3n) is 5.91. The number of anilines is 1. The highest BCUT2D eigenvalue weighted by Gasteiger charge is 2.28. The molecule has 0 unspecified atom stereocenters. The molecule has 0 bridgehead atoms. The van der Waals surface area contributed by atoms with Crippen LogP contribution in [0.25, 0.3) is 0 Å². The number of aryl methyl sites for hydroxylation is 1. The molecule has 182 valence electrons. The van der Waals surface area contributed by atoms with Crippen molar-refractivity contribution in [2.24, 2.45) is 0 Å². The van der Waals surface area contributed by atoms with Gasteiger partial charge in [0, 0.05) is 37.1 Å². The van der Waals surface area contributed by atoms with E-state index in [0.29, 0.717) is 42.7 Å². The van der Waals surface area contributed by atoms with Crippen molar-refractivity contribution in [2.75, 3.05) is 18.4 Å². The molecule has 1 aliphatic heterocycles. The van der Waals surface area contributed by atoms with Crippen molar-refractivity contribution in [3.8, 4) is 0 Å². The van der Waals surface area contributed by atoms with Crippen LogP contribution in [0.2, 0.25) is 0 Å². The van der Waals surface area contributed by atoms with Crippen LogP contribution in [0.1, 0.15) is 39.1 Å². The third kappa shape index (κ3) is 5.72. The van der Waals surface area contributed by atoms with Crippen molar-refractivity contribution in [1.29, 1.82) is 0 Å². The van der Waals surface area contributed by atoms with Crippen LogP contribution in [0.3, 0.4) is 0 Å². The van der Waals surface area contributed by atoms with Gasteiger partial charge in [0.15, 0.2) is 0 Å². The Labute approximate surface area is 203 Å². The summed E-state index contributed by atoms with van der Waals surface area (Å²) in [5.41, 5.74) is 1.99. The number of carbonyl (C=O) groups is 2. The van der Waals surface area contributed by atoms with E-state index in [1.165, 1.54) is 24.5 Å². The summed E-state index contributed by atoms with van der Waals surface area (Å²) in [5, 5.41) is 2.84. The van der Waals surface area contributed by atoms with E-state index in [4.69, 9.17) is 0 Å². The van der Waals surface area contributed by atoms with E-state index in [1.54, 1.807) is 29.2 Å². The normalized spacial score (nSPS) is 14.5. The molecule has 0 saturated carbocycles. The first-order valence-electron chi connectivity index (χ1n) is 11.1. The molecule has 2 heterocycles. The van der Waals surface area contributed by atoms with Gasteiger partial charge in [0.1, 0.15) is 5.82 Å². The maximum atomic E-state index is 13.3. The quantitative estimate of drug-likeness (QED) is 0.544. The lowest BCUT2D eigenvalue weighted by molar-refractivity contribution is 0.0712. The second-order valence-corrected chi connectivity index (χ2v) is 10.0. The molecule has 35 heavy (non-hydrogen) atoms. The molecule has 3 aromatic rings. The molecule has 1 saturated heterocycles. The minimum absolute atomic E-state index is 0.00764. The standard InChI is InChI=1S/C25H25FN4O4S/c1-17-3-2-4-22(23(17)28-24(31)18-9-13-27-14-10-18)25(32)30-15-11-20(12-16-30)29-35(33,34)21-7-5-19(26)6-8-21/h2-10,13-14,20,29H,11-12,15-16H2,1H3,(H,28,31). The van der Waals surface area contributed by atoms with Gasteiger partial charge < -0.3 is 10.2 Å². The summed E-state index contributed by atoms with van der Waals surface area (Å²) in [7, 11) is -3.79. The molecular formula is C25H25FN4O4S. The summed E-state index contributed by atoms with van der Waals surface area (Å²) in [6.07, 6.45) is 3.90. The Morgan fingerprint density at radius 3 is 2.31 bits per heavy atom. The highest BCUT2D eigenvalue weighted by Crippen LogP contribution is 2.25. The Morgan fingerprint density at radius 1 is 1.00 bits per heavy atom. The van der Waals surface area contributed by atoms with Crippen molar-refractivity contribution < 1.29 is 22.4 Å². The molecule has 4 rings (SSSR count). The molecular weight excluding hydrogens is 471 g/mol. The Hall–Kier alpha value is -3.63. The fraction of sp³-hybridized carbons (Fsp3) is 0.240. The predicted molar refractivity (Wildman–Crippen MR) is 129 cm³/mol. The monoisotopic (exact) mass is 496 g/mol. The van der Waals surface area contributed by atoms with E-state index < -0.39 is 15.8 Å². The van der Waals surface area contributed by atoms with Crippen molar-refractivity contribution in [1.82, 2.24) is 14.6 Å². The Kier molecular flexibility index (Phi) is 7.23. The van der Waals surface area contributed by atoms with E-state index in [1.807, 2.05) is 13.0 Å². The second kappa shape index (κ2) is 10.3. The van der Waals surface area contributed by atoms with Gasteiger partial charge >= 0.3 is 0 Å². The van der Waals surface area contributed by atoms with Crippen LogP contribution >= 0.6 is 0 Å². The molecule has 2 aromatic carbocycles. The topological polar surface area (TPSA) is 108 Å². The van der Waals surface area contributed by atoms with Crippen LogP contribution in [-0.2, 0) is 10.0 Å².